The predicted molar refractivity (Wildman–Crippen MR) is 60.8 cm³/mol. The van der Waals surface area contributed by atoms with E-state index in [1.807, 2.05) is 4.90 Å². The van der Waals surface area contributed by atoms with Crippen LogP contribution in [0.3, 0.4) is 0 Å². The van der Waals surface area contributed by atoms with E-state index >= 15 is 0 Å². The first-order valence-electron chi connectivity index (χ1n) is 5.25. The zero-order chi connectivity index (χ0) is 10.8. The van der Waals surface area contributed by atoms with Gasteiger partial charge in [-0.25, -0.2) is 0 Å². The average molecular weight is 272 g/mol. The zero-order valence-electron chi connectivity index (χ0n) is 8.70. The van der Waals surface area contributed by atoms with E-state index in [0.29, 0.717) is 16.5 Å². The van der Waals surface area contributed by atoms with E-state index < -0.39 is 0 Å². The third kappa shape index (κ3) is 2.25. The Morgan fingerprint density at radius 1 is 1.53 bits per heavy atom. The second-order valence-electron chi connectivity index (χ2n) is 3.95. The van der Waals surface area contributed by atoms with Gasteiger partial charge in [0.15, 0.2) is 10.4 Å². The van der Waals surface area contributed by atoms with Crippen LogP contribution in [0.25, 0.3) is 0 Å². The molecule has 2 rings (SSSR count). The summed E-state index contributed by atoms with van der Waals surface area (Å²) in [6.07, 6.45) is 3.40. The van der Waals surface area contributed by atoms with Crippen LogP contribution in [0.2, 0.25) is 0 Å². The molecule has 0 bridgehead atoms. The third-order valence-electron chi connectivity index (χ3n) is 2.85. The fraction of sp³-hybridized carbons (Fsp3) is 0.545. The van der Waals surface area contributed by atoms with Gasteiger partial charge in [-0.3, -0.25) is 4.79 Å². The number of rotatable bonds is 1. The molecule has 0 spiro atoms. The molecule has 0 saturated carbocycles. The normalized spacial score (nSPS) is 21.7. The fourth-order valence-corrected chi connectivity index (χ4v) is 2.28. The van der Waals surface area contributed by atoms with Crippen molar-refractivity contribution in [3.63, 3.8) is 0 Å². The minimum atomic E-state index is 0.00731. The summed E-state index contributed by atoms with van der Waals surface area (Å²) in [7, 11) is 0. The van der Waals surface area contributed by atoms with Crippen LogP contribution < -0.4 is 0 Å². The monoisotopic (exact) mass is 271 g/mol. The Balaban J connectivity index is 2.13. The number of carbonyl (C=O) groups is 1. The Morgan fingerprint density at radius 2 is 2.33 bits per heavy atom. The highest BCUT2D eigenvalue weighted by Gasteiger charge is 2.25. The number of hydrogen-bond donors (Lipinski definition) is 0. The Labute approximate surface area is 97.6 Å². The van der Waals surface area contributed by atoms with Crippen molar-refractivity contribution in [2.75, 3.05) is 6.54 Å². The number of likely N-dealkylation sites (tertiary alicyclic amines) is 1. The van der Waals surface area contributed by atoms with Crippen molar-refractivity contribution >= 4 is 21.8 Å². The van der Waals surface area contributed by atoms with E-state index in [1.54, 1.807) is 12.1 Å². The second kappa shape index (κ2) is 4.39. The molecule has 1 saturated heterocycles. The molecule has 82 valence electrons. The average Bonchev–Trinajstić information content (AvgIpc) is 2.65. The molecule has 0 N–H and O–H groups in total. The summed E-state index contributed by atoms with van der Waals surface area (Å²) >= 11 is 3.20. The number of hydrogen-bond acceptors (Lipinski definition) is 2. The number of piperidine rings is 1. The van der Waals surface area contributed by atoms with Crippen molar-refractivity contribution in [3.05, 3.63) is 22.6 Å². The van der Waals surface area contributed by atoms with Crippen molar-refractivity contribution < 1.29 is 9.21 Å². The predicted octanol–water partition coefficient (Wildman–Crippen LogP) is 3.06. The van der Waals surface area contributed by atoms with Gasteiger partial charge in [-0.2, -0.15) is 0 Å². The van der Waals surface area contributed by atoms with Gasteiger partial charge in [0.2, 0.25) is 0 Å². The quantitative estimate of drug-likeness (QED) is 0.787. The number of halogens is 1. The van der Waals surface area contributed by atoms with Gasteiger partial charge in [0.05, 0.1) is 0 Å². The molecule has 1 aliphatic rings. The van der Waals surface area contributed by atoms with Crippen LogP contribution in [0, 0.1) is 0 Å². The zero-order valence-corrected chi connectivity index (χ0v) is 10.3. The maximum atomic E-state index is 12.0. The van der Waals surface area contributed by atoms with Gasteiger partial charge in [-0.1, -0.05) is 0 Å². The number of amides is 1. The van der Waals surface area contributed by atoms with Gasteiger partial charge in [0, 0.05) is 12.6 Å². The smallest absolute Gasteiger partial charge is 0.289 e. The van der Waals surface area contributed by atoms with Gasteiger partial charge in [-0.15, -0.1) is 0 Å². The van der Waals surface area contributed by atoms with E-state index in [-0.39, 0.29) is 5.91 Å². The summed E-state index contributed by atoms with van der Waals surface area (Å²) in [5.41, 5.74) is 0. The van der Waals surface area contributed by atoms with E-state index in [1.165, 1.54) is 6.42 Å². The largest absolute Gasteiger partial charge is 0.444 e. The Kier molecular flexibility index (Phi) is 3.14. The maximum Gasteiger partial charge on any atom is 0.289 e. The van der Waals surface area contributed by atoms with E-state index in [9.17, 15) is 4.79 Å². The summed E-state index contributed by atoms with van der Waals surface area (Å²) < 4.78 is 5.88. The molecule has 0 unspecified atom stereocenters. The molecule has 1 atom stereocenters. The van der Waals surface area contributed by atoms with Crippen LogP contribution in [-0.4, -0.2) is 23.4 Å². The molecular weight excluding hydrogens is 258 g/mol. The second-order valence-corrected chi connectivity index (χ2v) is 4.73. The lowest BCUT2D eigenvalue weighted by Gasteiger charge is -2.32. The topological polar surface area (TPSA) is 33.5 Å². The summed E-state index contributed by atoms with van der Waals surface area (Å²) in [6.45, 7) is 2.94. The highest BCUT2D eigenvalue weighted by Crippen LogP contribution is 2.21. The lowest BCUT2D eigenvalue weighted by Crippen LogP contribution is -2.41. The van der Waals surface area contributed by atoms with Crippen molar-refractivity contribution in [1.29, 1.82) is 0 Å². The summed E-state index contributed by atoms with van der Waals surface area (Å²) in [5, 5.41) is 0. The number of furan rings is 1. The molecule has 2 heterocycles. The van der Waals surface area contributed by atoms with Crippen LogP contribution in [0.5, 0.6) is 0 Å². The lowest BCUT2D eigenvalue weighted by molar-refractivity contribution is 0.0601. The number of carbonyl (C=O) groups excluding carboxylic acids is 1. The van der Waals surface area contributed by atoms with Gasteiger partial charge in [0.25, 0.3) is 5.91 Å². The SMILES string of the molecule is C[C@@H]1CCCCN1C(=O)c1ccc(Br)o1. The first-order chi connectivity index (χ1) is 7.18. The third-order valence-corrected chi connectivity index (χ3v) is 3.27. The molecule has 15 heavy (non-hydrogen) atoms. The molecule has 1 aromatic rings. The van der Waals surface area contributed by atoms with Gasteiger partial charge in [-0.05, 0) is 54.2 Å². The fourth-order valence-electron chi connectivity index (χ4n) is 1.97. The van der Waals surface area contributed by atoms with Gasteiger partial charge >= 0.3 is 0 Å². The molecule has 0 radical (unpaired) electrons. The number of nitrogens with zero attached hydrogens (tertiary/aromatic N) is 1. The molecule has 1 aliphatic heterocycles. The maximum absolute atomic E-state index is 12.0. The lowest BCUT2D eigenvalue weighted by atomic mass is 10.0. The van der Waals surface area contributed by atoms with E-state index in [2.05, 4.69) is 22.9 Å². The van der Waals surface area contributed by atoms with Crippen molar-refractivity contribution in [2.24, 2.45) is 0 Å². The van der Waals surface area contributed by atoms with Crippen LogP contribution in [0.1, 0.15) is 36.7 Å². The van der Waals surface area contributed by atoms with E-state index in [0.717, 1.165) is 19.4 Å². The highest BCUT2D eigenvalue weighted by atomic mass is 79.9. The van der Waals surface area contributed by atoms with Crippen molar-refractivity contribution in [3.8, 4) is 0 Å². The Bertz CT molecular complexity index is 361. The first-order valence-corrected chi connectivity index (χ1v) is 6.04. The molecule has 1 fully saturated rings. The Hall–Kier alpha value is -0.770. The van der Waals surface area contributed by atoms with Gasteiger partial charge in [0.1, 0.15) is 0 Å². The summed E-state index contributed by atoms with van der Waals surface area (Å²) in [5.74, 6) is 0.434. The van der Waals surface area contributed by atoms with E-state index in [4.69, 9.17) is 4.42 Å². The molecule has 0 aromatic carbocycles. The van der Waals surface area contributed by atoms with Crippen LogP contribution >= 0.6 is 15.9 Å². The van der Waals surface area contributed by atoms with Gasteiger partial charge < -0.3 is 9.32 Å². The molecule has 1 amide bonds. The molecule has 1 aromatic heterocycles. The summed E-state index contributed by atoms with van der Waals surface area (Å²) in [4.78, 5) is 13.9. The standard InChI is InChI=1S/C11H14BrNO2/c1-8-4-2-3-7-13(8)11(14)9-5-6-10(12)15-9/h5-6,8H,2-4,7H2,1H3/t8-/m1/s1. The Morgan fingerprint density at radius 3 is 2.93 bits per heavy atom. The van der Waals surface area contributed by atoms with Crippen LogP contribution in [-0.2, 0) is 0 Å². The van der Waals surface area contributed by atoms with Crippen LogP contribution in [0.15, 0.2) is 21.2 Å². The molecular formula is C11H14BrNO2. The molecule has 4 heteroatoms. The molecule has 3 nitrogen and oxygen atoms in total. The minimum absolute atomic E-state index is 0.00731. The summed E-state index contributed by atoms with van der Waals surface area (Å²) in [6, 6.07) is 3.80. The minimum Gasteiger partial charge on any atom is -0.444 e. The van der Waals surface area contributed by atoms with Crippen molar-refractivity contribution in [2.45, 2.75) is 32.2 Å². The van der Waals surface area contributed by atoms with Crippen LogP contribution in [0.4, 0.5) is 0 Å². The highest BCUT2D eigenvalue weighted by molar-refractivity contribution is 9.10. The first kappa shape index (κ1) is 10.7. The van der Waals surface area contributed by atoms with Crippen molar-refractivity contribution in [1.82, 2.24) is 4.90 Å². The molecule has 0 aliphatic carbocycles.